The standard InChI is InChI=1S/C12H18N2O4S/c1-14-11(10(7-13-14)12(15)16)8-19(17,18)9-5-3-2-4-6-9/h7,9H,2-6,8H2,1H3,(H,15,16). The summed E-state index contributed by atoms with van der Waals surface area (Å²) >= 11 is 0. The van der Waals surface area contributed by atoms with Gasteiger partial charge < -0.3 is 5.11 Å². The molecule has 1 fully saturated rings. The maximum atomic E-state index is 12.3. The topological polar surface area (TPSA) is 89.3 Å². The fourth-order valence-corrected chi connectivity index (χ4v) is 4.56. The van der Waals surface area contributed by atoms with E-state index >= 15 is 0 Å². The summed E-state index contributed by atoms with van der Waals surface area (Å²) < 4.78 is 26.0. The van der Waals surface area contributed by atoms with E-state index < -0.39 is 15.8 Å². The van der Waals surface area contributed by atoms with Gasteiger partial charge in [0, 0.05) is 7.05 Å². The molecule has 0 radical (unpaired) electrons. The van der Waals surface area contributed by atoms with Gasteiger partial charge in [0.15, 0.2) is 9.84 Å². The molecule has 1 aromatic heterocycles. The zero-order valence-corrected chi connectivity index (χ0v) is 11.7. The Labute approximate surface area is 112 Å². The second kappa shape index (κ2) is 5.32. The second-order valence-corrected chi connectivity index (χ2v) is 7.28. The highest BCUT2D eigenvalue weighted by Gasteiger charge is 2.30. The number of aryl methyl sites for hydroxylation is 1. The fraction of sp³-hybridized carbons (Fsp3) is 0.667. The molecule has 0 aromatic carbocycles. The van der Waals surface area contributed by atoms with Gasteiger partial charge in [0.25, 0.3) is 0 Å². The van der Waals surface area contributed by atoms with Crippen molar-refractivity contribution in [2.24, 2.45) is 7.05 Å². The molecular formula is C12H18N2O4S. The van der Waals surface area contributed by atoms with E-state index in [0.29, 0.717) is 12.8 Å². The SMILES string of the molecule is Cn1ncc(C(=O)O)c1CS(=O)(=O)C1CCCCC1. The van der Waals surface area contributed by atoms with Crippen molar-refractivity contribution in [3.8, 4) is 0 Å². The van der Waals surface area contributed by atoms with E-state index in [9.17, 15) is 13.2 Å². The van der Waals surface area contributed by atoms with Gasteiger partial charge in [0.1, 0.15) is 5.56 Å². The van der Waals surface area contributed by atoms with Crippen LogP contribution in [0.2, 0.25) is 0 Å². The largest absolute Gasteiger partial charge is 0.478 e. The number of carbonyl (C=O) groups is 1. The summed E-state index contributed by atoms with van der Waals surface area (Å²) in [7, 11) is -1.74. The number of nitrogens with zero attached hydrogens (tertiary/aromatic N) is 2. The molecule has 0 aliphatic heterocycles. The van der Waals surface area contributed by atoms with E-state index in [1.807, 2.05) is 0 Å². The average Bonchev–Trinajstić information content (AvgIpc) is 2.72. The molecule has 7 heteroatoms. The monoisotopic (exact) mass is 286 g/mol. The van der Waals surface area contributed by atoms with Gasteiger partial charge in [-0.05, 0) is 12.8 Å². The summed E-state index contributed by atoms with van der Waals surface area (Å²) in [6, 6.07) is 0. The van der Waals surface area contributed by atoms with Crippen LogP contribution in [-0.2, 0) is 22.6 Å². The summed E-state index contributed by atoms with van der Waals surface area (Å²) in [6.45, 7) is 0. The molecule has 0 saturated heterocycles. The van der Waals surface area contributed by atoms with Crippen LogP contribution < -0.4 is 0 Å². The van der Waals surface area contributed by atoms with Crippen LogP contribution in [0, 0.1) is 0 Å². The van der Waals surface area contributed by atoms with E-state index in [1.165, 1.54) is 10.9 Å². The van der Waals surface area contributed by atoms with E-state index in [-0.39, 0.29) is 22.3 Å². The molecule has 19 heavy (non-hydrogen) atoms. The van der Waals surface area contributed by atoms with Crippen LogP contribution >= 0.6 is 0 Å². The molecule has 1 heterocycles. The van der Waals surface area contributed by atoms with Crippen molar-refractivity contribution in [1.82, 2.24) is 9.78 Å². The third kappa shape index (κ3) is 2.97. The smallest absolute Gasteiger partial charge is 0.339 e. The highest BCUT2D eigenvalue weighted by Crippen LogP contribution is 2.26. The first kappa shape index (κ1) is 14.0. The number of rotatable bonds is 4. The minimum Gasteiger partial charge on any atom is -0.478 e. The molecule has 2 rings (SSSR count). The lowest BCUT2D eigenvalue weighted by Crippen LogP contribution is -2.26. The van der Waals surface area contributed by atoms with Crippen molar-refractivity contribution in [2.75, 3.05) is 0 Å². The number of carboxylic acid groups (broad SMARTS) is 1. The molecule has 0 amide bonds. The van der Waals surface area contributed by atoms with Gasteiger partial charge in [-0.3, -0.25) is 4.68 Å². The maximum Gasteiger partial charge on any atom is 0.339 e. The van der Waals surface area contributed by atoms with E-state index in [1.54, 1.807) is 7.05 Å². The van der Waals surface area contributed by atoms with Gasteiger partial charge in [0.05, 0.1) is 22.9 Å². The number of hydrogen-bond donors (Lipinski definition) is 1. The number of sulfone groups is 1. The molecular weight excluding hydrogens is 268 g/mol. The van der Waals surface area contributed by atoms with E-state index in [2.05, 4.69) is 5.10 Å². The minimum absolute atomic E-state index is 0.0260. The Kier molecular flexibility index (Phi) is 3.93. The van der Waals surface area contributed by atoms with Crippen molar-refractivity contribution >= 4 is 15.8 Å². The Morgan fingerprint density at radius 1 is 1.42 bits per heavy atom. The molecule has 0 bridgehead atoms. The van der Waals surface area contributed by atoms with Crippen molar-refractivity contribution in [3.05, 3.63) is 17.5 Å². The Morgan fingerprint density at radius 3 is 2.63 bits per heavy atom. The Balaban J connectivity index is 2.24. The molecule has 1 saturated carbocycles. The highest BCUT2D eigenvalue weighted by molar-refractivity contribution is 7.91. The first-order valence-corrected chi connectivity index (χ1v) is 8.09. The Morgan fingerprint density at radius 2 is 2.05 bits per heavy atom. The Hall–Kier alpha value is -1.37. The third-order valence-corrected chi connectivity index (χ3v) is 5.85. The summed E-state index contributed by atoms with van der Waals surface area (Å²) in [5.41, 5.74) is 0.236. The van der Waals surface area contributed by atoms with Crippen LogP contribution in [0.3, 0.4) is 0 Å². The molecule has 6 nitrogen and oxygen atoms in total. The predicted molar refractivity (Wildman–Crippen MR) is 69.7 cm³/mol. The van der Waals surface area contributed by atoms with Crippen LogP contribution in [0.5, 0.6) is 0 Å². The predicted octanol–water partition coefficient (Wildman–Crippen LogP) is 1.37. The van der Waals surface area contributed by atoms with Gasteiger partial charge >= 0.3 is 5.97 Å². The summed E-state index contributed by atoms with van der Waals surface area (Å²) in [6.07, 6.45) is 5.51. The molecule has 1 aliphatic carbocycles. The molecule has 1 aromatic rings. The summed E-state index contributed by atoms with van der Waals surface area (Å²) in [5, 5.41) is 12.5. The van der Waals surface area contributed by atoms with Gasteiger partial charge in [-0.15, -0.1) is 0 Å². The third-order valence-electron chi connectivity index (χ3n) is 3.69. The van der Waals surface area contributed by atoms with Gasteiger partial charge in [-0.1, -0.05) is 19.3 Å². The van der Waals surface area contributed by atoms with Crippen molar-refractivity contribution in [1.29, 1.82) is 0 Å². The number of carboxylic acids is 1. The quantitative estimate of drug-likeness (QED) is 0.902. The molecule has 1 N–H and O–H groups in total. The normalized spacial score (nSPS) is 17.5. The van der Waals surface area contributed by atoms with Crippen LogP contribution in [-0.4, -0.2) is 34.5 Å². The molecule has 106 valence electrons. The van der Waals surface area contributed by atoms with Gasteiger partial charge in [0.2, 0.25) is 0 Å². The maximum absolute atomic E-state index is 12.3. The van der Waals surface area contributed by atoms with Crippen molar-refractivity contribution in [3.63, 3.8) is 0 Å². The first-order chi connectivity index (χ1) is 8.92. The summed E-state index contributed by atoms with van der Waals surface area (Å²) in [5.74, 6) is -1.38. The lowest BCUT2D eigenvalue weighted by molar-refractivity contribution is 0.0696. The van der Waals surface area contributed by atoms with Crippen molar-refractivity contribution < 1.29 is 18.3 Å². The zero-order chi connectivity index (χ0) is 14.0. The van der Waals surface area contributed by atoms with E-state index in [0.717, 1.165) is 19.3 Å². The minimum atomic E-state index is -3.31. The number of hydrogen-bond acceptors (Lipinski definition) is 4. The van der Waals surface area contributed by atoms with E-state index in [4.69, 9.17) is 5.11 Å². The molecule has 1 aliphatic rings. The van der Waals surface area contributed by atoms with Crippen LogP contribution in [0.25, 0.3) is 0 Å². The number of aromatic nitrogens is 2. The molecule has 0 spiro atoms. The second-order valence-electron chi connectivity index (χ2n) is 5.00. The highest BCUT2D eigenvalue weighted by atomic mass is 32.2. The zero-order valence-electron chi connectivity index (χ0n) is 10.9. The first-order valence-electron chi connectivity index (χ1n) is 6.37. The van der Waals surface area contributed by atoms with Gasteiger partial charge in [-0.25, -0.2) is 13.2 Å². The Bertz CT molecular complexity index is 571. The average molecular weight is 286 g/mol. The van der Waals surface area contributed by atoms with Crippen LogP contribution in [0.15, 0.2) is 6.20 Å². The van der Waals surface area contributed by atoms with Crippen LogP contribution in [0.1, 0.15) is 48.2 Å². The lowest BCUT2D eigenvalue weighted by atomic mass is 10.0. The summed E-state index contributed by atoms with van der Waals surface area (Å²) in [4.78, 5) is 11.0. The molecule has 0 atom stereocenters. The van der Waals surface area contributed by atoms with Crippen LogP contribution in [0.4, 0.5) is 0 Å². The molecule has 0 unspecified atom stereocenters. The lowest BCUT2D eigenvalue weighted by Gasteiger charge is -2.21. The fourth-order valence-electron chi connectivity index (χ4n) is 2.55. The van der Waals surface area contributed by atoms with Crippen molar-refractivity contribution in [2.45, 2.75) is 43.1 Å². The number of aromatic carboxylic acids is 1. The van der Waals surface area contributed by atoms with Gasteiger partial charge in [-0.2, -0.15) is 5.10 Å².